The van der Waals surface area contributed by atoms with Gasteiger partial charge in [0.15, 0.2) is 36.6 Å². The molecular formula is C87H103F5N16O33. The Morgan fingerprint density at radius 2 is 0.667 bits per heavy atom. The van der Waals surface area contributed by atoms with E-state index in [4.69, 9.17) is 85.6 Å². The van der Waals surface area contributed by atoms with Crippen LogP contribution in [0.25, 0.3) is 33.8 Å². The molecule has 3 fully saturated rings. The molecule has 764 valence electrons. The monoisotopic (exact) mass is 1990 g/mol. The molecule has 0 spiro atoms. The van der Waals surface area contributed by atoms with E-state index < -0.39 is 294 Å². The number of amides is 7. The highest BCUT2D eigenvalue weighted by molar-refractivity contribution is 5.80. The number of aromatic nitrogens is 9. The highest BCUT2D eigenvalue weighted by Gasteiger charge is 2.55. The summed E-state index contributed by atoms with van der Waals surface area (Å²) >= 11 is 0. The number of hydrogen-bond donors (Lipinski definition) is 7. The normalized spacial score (nSPS) is 21.3. The summed E-state index contributed by atoms with van der Waals surface area (Å²) in [6.07, 6.45) is -18.9. The van der Waals surface area contributed by atoms with Gasteiger partial charge in [0.25, 0.3) is 0 Å². The van der Waals surface area contributed by atoms with Crippen LogP contribution >= 0.6 is 0 Å². The molecule has 15 atom stereocenters. The number of methoxy groups -OCH3 is 3. The number of carbonyl (C=O) groups excluding carboxylic acids is 14. The predicted molar refractivity (Wildman–Crippen MR) is 459 cm³/mol. The second kappa shape index (κ2) is 51.5. The molecule has 3 aliphatic heterocycles. The summed E-state index contributed by atoms with van der Waals surface area (Å²) in [4.78, 5) is 203. The average Bonchev–Trinajstić information content (AvgIpc) is 1.66. The maximum atomic E-state index is 14.7. The van der Waals surface area contributed by atoms with Crippen molar-refractivity contribution in [1.29, 1.82) is 0 Å². The minimum absolute atomic E-state index is 0.323. The predicted octanol–water partition coefficient (Wildman–Crippen LogP) is 1.86. The van der Waals surface area contributed by atoms with E-state index in [9.17, 15) is 89.1 Å². The van der Waals surface area contributed by atoms with Gasteiger partial charge in [0.05, 0.1) is 118 Å². The number of carbonyl (C=O) groups is 14. The van der Waals surface area contributed by atoms with Crippen LogP contribution in [0.3, 0.4) is 0 Å². The number of nitrogens with one attached hydrogen (secondary N) is 7. The van der Waals surface area contributed by atoms with Gasteiger partial charge in [0.2, 0.25) is 95.1 Å². The number of rotatable bonds is 48. The second-order valence-electron chi connectivity index (χ2n) is 31.8. The van der Waals surface area contributed by atoms with Crippen molar-refractivity contribution < 1.29 is 179 Å². The average molecular weight is 2000 g/mol. The number of halogens is 5. The molecule has 10 rings (SSSR count). The summed E-state index contributed by atoms with van der Waals surface area (Å²) in [5.74, 6) is -26.5. The zero-order valence-corrected chi connectivity index (χ0v) is 77.8. The van der Waals surface area contributed by atoms with E-state index in [1.54, 1.807) is 72.8 Å². The molecule has 0 radical (unpaired) electrons. The van der Waals surface area contributed by atoms with Crippen LogP contribution in [0.4, 0.5) is 22.0 Å². The number of ether oxygens (including phenoxy) is 16. The van der Waals surface area contributed by atoms with Crippen LogP contribution in [0.5, 0.6) is 23.0 Å². The lowest BCUT2D eigenvalue weighted by atomic mass is 9.95. The van der Waals surface area contributed by atoms with E-state index in [0.717, 1.165) is 62.3 Å². The standard InChI is InChI=1S/C87H103F5N16O33/c1-43(109)93-74-81(132-49(7)115)77(129-46(4)112)61(37-106-34-58(97-103-106)52-17-13-20-55(31-52)123-10)135-84(74)139-100-65(119)25-28-126-40-87(96-64(118)23-16-24-68(122)138-80-72(91)70(89)69(88)71(90)73(80)92,41-127-29-26-66(120)101-140-85-75(94-44(2)110)82(133-50(8)116)78(130-47(5)113)62(136-85)38-107-35-59(98-104-107)53-18-14-21-56(32-53)124-11)42-128-30-27-67(121)102-141-86-76(95-45(3)111)83(134-51(9)117)79(131-48(6)114)63(137-86)39-108-36-60(99-105-108)54-19-15-22-57(33-54)125-12/h13-15,17-22,31-36,61-63,74-79,81-86H,16,23-30,37-42H2,1-12H3,(H,93,109)(H,94,110)(H,95,111)(H,96,118)(H,100,119)(H,101,120)(H,102,121). The molecule has 15 unspecified atom stereocenters. The molecule has 141 heavy (non-hydrogen) atoms. The summed E-state index contributed by atoms with van der Waals surface area (Å²) in [7, 11) is 4.38. The molecular weight excluding hydrogens is 1890 g/mol. The molecule has 4 aromatic carbocycles. The van der Waals surface area contributed by atoms with Crippen LogP contribution in [0, 0.1) is 29.1 Å². The minimum atomic E-state index is -2.57. The van der Waals surface area contributed by atoms with Crippen LogP contribution in [0.15, 0.2) is 91.4 Å². The SMILES string of the molecule is COc1cccc(-c2cn(CC3OC(ONC(=O)CCOCC(COCCC(=O)NOC4OC(Cn5cc(-c6cccc(OC)c6)nn5)C(OC(C)=O)C(OC(C)=O)C4NC(C)=O)(COCCC(=O)NOC4OC(Cn5cc(-c6cccc(OC)c6)nn5)C(OC(C)=O)C(OC(C)=O)C4NC(C)=O)NC(=O)CCCC(=O)Oc4c(F)c(F)c(F)c(F)c4F)C(NC(C)=O)C(OC(C)=O)C3OC(C)=O)nn2)c1. The number of hydrogen-bond acceptors (Lipinski definition) is 39. The van der Waals surface area contributed by atoms with Gasteiger partial charge >= 0.3 is 41.8 Å². The Kier molecular flexibility index (Phi) is 39.6. The molecule has 3 aromatic heterocycles. The highest BCUT2D eigenvalue weighted by atomic mass is 19.2. The van der Waals surface area contributed by atoms with E-state index >= 15 is 0 Å². The number of benzene rings is 4. The Labute approximate surface area is 798 Å². The lowest BCUT2D eigenvalue weighted by molar-refractivity contribution is -0.287. The zero-order valence-electron chi connectivity index (χ0n) is 77.8. The topological polar surface area (TPSA) is 591 Å². The first-order chi connectivity index (χ1) is 67.2. The van der Waals surface area contributed by atoms with Crippen molar-refractivity contribution in [2.45, 2.75) is 218 Å². The molecule has 0 saturated carbocycles. The molecule has 7 N–H and O–H groups in total. The molecule has 3 saturated heterocycles. The first-order valence-electron chi connectivity index (χ1n) is 43.2. The third-order valence-electron chi connectivity index (χ3n) is 20.7. The van der Waals surface area contributed by atoms with Crippen molar-refractivity contribution in [3.63, 3.8) is 0 Å². The number of esters is 7. The molecule has 54 heteroatoms. The Bertz CT molecular complexity index is 5130. The van der Waals surface area contributed by atoms with Crippen molar-refractivity contribution in [2.24, 2.45) is 0 Å². The number of hydroxylamine groups is 3. The lowest BCUT2D eigenvalue weighted by Crippen LogP contribution is -2.67. The summed E-state index contributed by atoms with van der Waals surface area (Å²) in [6, 6.07) is 15.7. The van der Waals surface area contributed by atoms with E-state index in [0.29, 0.717) is 51.0 Å². The third kappa shape index (κ3) is 31.5. The van der Waals surface area contributed by atoms with Gasteiger partial charge in [-0.15, -0.1) is 15.3 Å². The van der Waals surface area contributed by atoms with Gasteiger partial charge in [-0.1, -0.05) is 52.0 Å². The molecule has 3 aliphatic rings. The third-order valence-corrected chi connectivity index (χ3v) is 20.7. The van der Waals surface area contributed by atoms with Crippen LogP contribution in [-0.2, 0) is 158 Å². The van der Waals surface area contributed by atoms with E-state index in [-0.39, 0.29) is 19.6 Å². The fourth-order valence-electron chi connectivity index (χ4n) is 14.7. The van der Waals surface area contributed by atoms with Crippen LogP contribution in [0.1, 0.15) is 101 Å². The first-order valence-corrected chi connectivity index (χ1v) is 43.2. The van der Waals surface area contributed by atoms with E-state index in [1.165, 1.54) is 54.0 Å². The second-order valence-corrected chi connectivity index (χ2v) is 31.8. The van der Waals surface area contributed by atoms with E-state index in [2.05, 4.69) is 73.4 Å². The maximum Gasteiger partial charge on any atom is 0.311 e. The van der Waals surface area contributed by atoms with Gasteiger partial charge in [-0.05, 0) is 42.8 Å². The zero-order chi connectivity index (χ0) is 102. The van der Waals surface area contributed by atoms with Gasteiger partial charge in [-0.2, -0.15) is 8.78 Å². The lowest BCUT2D eigenvalue weighted by Gasteiger charge is -2.44. The highest BCUT2D eigenvalue weighted by Crippen LogP contribution is 2.36. The van der Waals surface area contributed by atoms with Crippen molar-refractivity contribution in [1.82, 2.24) is 82.7 Å². The summed E-state index contributed by atoms with van der Waals surface area (Å²) in [5, 5.41) is 35.5. The van der Waals surface area contributed by atoms with Gasteiger partial charge < -0.3 is 97.1 Å². The summed E-state index contributed by atoms with van der Waals surface area (Å²) in [5.41, 5.74) is 7.10. The summed E-state index contributed by atoms with van der Waals surface area (Å²) < 4.78 is 168. The van der Waals surface area contributed by atoms with Gasteiger partial charge in [0, 0.05) is 91.8 Å². The van der Waals surface area contributed by atoms with Gasteiger partial charge in [-0.25, -0.2) is 58.2 Å². The largest absolute Gasteiger partial charge is 0.497 e. The van der Waals surface area contributed by atoms with Crippen molar-refractivity contribution in [3.05, 3.63) is 120 Å². The fourth-order valence-corrected chi connectivity index (χ4v) is 14.7. The Morgan fingerprint density at radius 1 is 0.376 bits per heavy atom. The van der Waals surface area contributed by atoms with Gasteiger partial charge in [0.1, 0.15) is 76.3 Å². The molecule has 7 amide bonds. The Balaban J connectivity index is 0.910. The fraction of sp³-hybridized carbons (Fsp3) is 0.494. The quantitative estimate of drug-likeness (QED) is 0.00418. The molecule has 6 heterocycles. The Hall–Kier alpha value is -14.4. The van der Waals surface area contributed by atoms with Crippen LogP contribution in [-0.4, -0.2) is 287 Å². The number of nitrogens with zero attached hydrogens (tertiary/aromatic N) is 9. The van der Waals surface area contributed by atoms with Crippen molar-refractivity contribution >= 4 is 83.1 Å². The van der Waals surface area contributed by atoms with Crippen LogP contribution in [0.2, 0.25) is 0 Å². The van der Waals surface area contributed by atoms with Crippen molar-refractivity contribution in [3.8, 4) is 56.8 Å². The smallest absolute Gasteiger partial charge is 0.311 e. The minimum Gasteiger partial charge on any atom is -0.497 e. The van der Waals surface area contributed by atoms with E-state index in [1.807, 2.05) is 0 Å². The Morgan fingerprint density at radius 3 is 0.950 bits per heavy atom. The van der Waals surface area contributed by atoms with Crippen LogP contribution < -0.4 is 56.7 Å². The van der Waals surface area contributed by atoms with Crippen molar-refractivity contribution in [2.75, 3.05) is 61.0 Å². The molecule has 49 nitrogen and oxygen atoms in total. The molecule has 0 aliphatic carbocycles. The first kappa shape index (κ1) is 109. The molecule has 0 bridgehead atoms. The summed E-state index contributed by atoms with van der Waals surface area (Å²) in [6.45, 7) is 3.95. The maximum absolute atomic E-state index is 14.7. The van der Waals surface area contributed by atoms with Gasteiger partial charge in [-0.3, -0.25) is 67.1 Å². The molecule has 7 aromatic rings.